The van der Waals surface area contributed by atoms with Crippen molar-refractivity contribution >= 4 is 11.5 Å². The number of rotatable bonds is 5. The minimum absolute atomic E-state index is 0.769. The zero-order chi connectivity index (χ0) is 8.81. The lowest BCUT2D eigenvalue weighted by Crippen LogP contribution is -2.16. The number of nitrogens with zero attached hydrogens (tertiary/aromatic N) is 2. The minimum Gasteiger partial charge on any atom is -0.311 e. The van der Waals surface area contributed by atoms with Crippen LogP contribution in [-0.4, -0.2) is 16.1 Å². The van der Waals surface area contributed by atoms with Gasteiger partial charge in [0.25, 0.3) is 0 Å². The first-order valence-corrected chi connectivity index (χ1v) is 5.09. The van der Waals surface area contributed by atoms with E-state index in [1.807, 2.05) is 5.38 Å². The molecule has 3 nitrogen and oxygen atoms in total. The van der Waals surface area contributed by atoms with Crippen molar-refractivity contribution in [3.63, 3.8) is 0 Å². The van der Waals surface area contributed by atoms with Gasteiger partial charge in [-0.25, -0.2) is 0 Å². The van der Waals surface area contributed by atoms with Crippen LogP contribution in [0.5, 0.6) is 0 Å². The highest BCUT2D eigenvalue weighted by atomic mass is 32.1. The third-order valence-electron chi connectivity index (χ3n) is 1.61. The first kappa shape index (κ1) is 9.61. The maximum Gasteiger partial charge on any atom is 0.0893 e. The van der Waals surface area contributed by atoms with Crippen molar-refractivity contribution in [2.75, 3.05) is 6.54 Å². The lowest BCUT2D eigenvalue weighted by Gasteiger charge is -2.04. The molecule has 1 N–H and O–H groups in total. The summed E-state index contributed by atoms with van der Waals surface area (Å²) in [6.45, 7) is 6.37. The van der Waals surface area contributed by atoms with Crippen molar-refractivity contribution in [1.29, 1.82) is 0 Å². The number of hydrogen-bond acceptors (Lipinski definition) is 4. The predicted octanol–water partition coefficient (Wildman–Crippen LogP) is 1.67. The molecule has 0 spiro atoms. The molecule has 1 heterocycles. The Kier molecular flexibility index (Phi) is 4.18. The molecule has 0 atom stereocenters. The zero-order valence-electron chi connectivity index (χ0n) is 7.58. The quantitative estimate of drug-likeness (QED) is 0.709. The van der Waals surface area contributed by atoms with Crippen LogP contribution in [0.2, 0.25) is 0 Å². The Balaban J connectivity index is 2.04. The van der Waals surface area contributed by atoms with Gasteiger partial charge in [-0.3, -0.25) is 0 Å². The molecule has 0 bridgehead atoms. The zero-order valence-corrected chi connectivity index (χ0v) is 8.40. The molecule has 0 aliphatic carbocycles. The fourth-order valence-electron chi connectivity index (χ4n) is 0.868. The number of aromatic nitrogens is 2. The molecule has 0 aliphatic rings. The Bertz CT molecular complexity index is 196. The van der Waals surface area contributed by atoms with Crippen LogP contribution in [0.1, 0.15) is 26.0 Å². The van der Waals surface area contributed by atoms with Crippen LogP contribution < -0.4 is 5.32 Å². The van der Waals surface area contributed by atoms with Gasteiger partial charge in [0.1, 0.15) is 0 Å². The Hall–Kier alpha value is -0.480. The van der Waals surface area contributed by atoms with E-state index in [-0.39, 0.29) is 0 Å². The summed E-state index contributed by atoms with van der Waals surface area (Å²) in [6.07, 6.45) is 1.22. The van der Waals surface area contributed by atoms with Crippen molar-refractivity contribution in [2.45, 2.75) is 26.8 Å². The first-order valence-electron chi connectivity index (χ1n) is 4.25. The summed E-state index contributed by atoms with van der Waals surface area (Å²) >= 11 is 1.40. The summed E-state index contributed by atoms with van der Waals surface area (Å²) in [6, 6.07) is 0. The van der Waals surface area contributed by atoms with Crippen LogP contribution >= 0.6 is 11.5 Å². The molecule has 0 amide bonds. The Morgan fingerprint density at radius 1 is 1.58 bits per heavy atom. The number of nitrogens with one attached hydrogen (secondary N) is 1. The molecular formula is C8H15N3S. The maximum absolute atomic E-state index is 3.94. The fraction of sp³-hybridized carbons (Fsp3) is 0.750. The SMILES string of the molecule is CC(C)CCNCc1csnn1. The van der Waals surface area contributed by atoms with Crippen molar-refractivity contribution in [3.8, 4) is 0 Å². The van der Waals surface area contributed by atoms with Crippen molar-refractivity contribution < 1.29 is 0 Å². The van der Waals surface area contributed by atoms with E-state index in [1.165, 1.54) is 18.0 Å². The maximum atomic E-state index is 3.94. The monoisotopic (exact) mass is 185 g/mol. The second kappa shape index (κ2) is 5.22. The topological polar surface area (TPSA) is 37.8 Å². The van der Waals surface area contributed by atoms with Crippen molar-refractivity contribution in [3.05, 3.63) is 11.1 Å². The normalized spacial score (nSPS) is 10.9. The average Bonchev–Trinajstić information content (AvgIpc) is 2.49. The summed E-state index contributed by atoms with van der Waals surface area (Å²) in [7, 11) is 0. The van der Waals surface area contributed by atoms with Gasteiger partial charge in [0.05, 0.1) is 5.69 Å². The molecule has 1 aromatic heterocycles. The molecule has 0 radical (unpaired) electrons. The van der Waals surface area contributed by atoms with E-state index in [9.17, 15) is 0 Å². The van der Waals surface area contributed by atoms with Crippen LogP contribution in [-0.2, 0) is 6.54 Å². The summed E-state index contributed by atoms with van der Waals surface area (Å²) in [5.74, 6) is 0.769. The third-order valence-corrected chi connectivity index (χ3v) is 2.16. The molecule has 0 aromatic carbocycles. The van der Waals surface area contributed by atoms with Gasteiger partial charge in [-0.15, -0.1) is 5.10 Å². The first-order chi connectivity index (χ1) is 5.79. The summed E-state index contributed by atoms with van der Waals surface area (Å²) < 4.78 is 3.79. The molecule has 0 saturated carbocycles. The summed E-state index contributed by atoms with van der Waals surface area (Å²) in [5, 5.41) is 9.24. The second-order valence-electron chi connectivity index (χ2n) is 3.26. The molecule has 0 unspecified atom stereocenters. The van der Waals surface area contributed by atoms with Gasteiger partial charge in [-0.2, -0.15) is 0 Å². The van der Waals surface area contributed by atoms with E-state index >= 15 is 0 Å². The van der Waals surface area contributed by atoms with E-state index in [0.29, 0.717) is 0 Å². The molecule has 68 valence electrons. The molecule has 4 heteroatoms. The van der Waals surface area contributed by atoms with Crippen LogP contribution in [0.3, 0.4) is 0 Å². The average molecular weight is 185 g/mol. The van der Waals surface area contributed by atoms with Crippen LogP contribution in [0.15, 0.2) is 5.38 Å². The van der Waals surface area contributed by atoms with E-state index in [0.717, 1.165) is 24.7 Å². The van der Waals surface area contributed by atoms with E-state index in [4.69, 9.17) is 0 Å². The van der Waals surface area contributed by atoms with E-state index < -0.39 is 0 Å². The van der Waals surface area contributed by atoms with Crippen LogP contribution in [0, 0.1) is 5.92 Å². The molecule has 0 aliphatic heterocycles. The molecule has 1 rings (SSSR count). The Labute approximate surface area is 77.4 Å². The van der Waals surface area contributed by atoms with E-state index in [1.54, 1.807) is 0 Å². The standard InChI is InChI=1S/C8H15N3S/c1-7(2)3-4-9-5-8-6-12-11-10-8/h6-7,9H,3-5H2,1-2H3. The molecule has 0 saturated heterocycles. The van der Waals surface area contributed by atoms with Crippen molar-refractivity contribution in [1.82, 2.24) is 14.9 Å². The molecular weight excluding hydrogens is 170 g/mol. The molecule has 0 fully saturated rings. The predicted molar refractivity (Wildman–Crippen MR) is 51.1 cm³/mol. The van der Waals surface area contributed by atoms with Gasteiger partial charge in [-0.05, 0) is 30.4 Å². The Morgan fingerprint density at radius 3 is 3.00 bits per heavy atom. The van der Waals surface area contributed by atoms with Crippen LogP contribution in [0.25, 0.3) is 0 Å². The molecule has 1 aromatic rings. The highest BCUT2D eigenvalue weighted by Gasteiger charge is 1.96. The second-order valence-corrected chi connectivity index (χ2v) is 3.87. The number of hydrogen-bond donors (Lipinski definition) is 1. The van der Waals surface area contributed by atoms with Gasteiger partial charge in [0, 0.05) is 11.9 Å². The smallest absolute Gasteiger partial charge is 0.0893 e. The lowest BCUT2D eigenvalue weighted by molar-refractivity contribution is 0.535. The molecule has 12 heavy (non-hydrogen) atoms. The van der Waals surface area contributed by atoms with Crippen LogP contribution in [0.4, 0.5) is 0 Å². The summed E-state index contributed by atoms with van der Waals surface area (Å²) in [4.78, 5) is 0. The third kappa shape index (κ3) is 3.78. The fourth-order valence-corrected chi connectivity index (χ4v) is 1.32. The lowest BCUT2D eigenvalue weighted by atomic mass is 10.1. The largest absolute Gasteiger partial charge is 0.311 e. The van der Waals surface area contributed by atoms with E-state index in [2.05, 4.69) is 28.8 Å². The minimum atomic E-state index is 0.769. The van der Waals surface area contributed by atoms with Gasteiger partial charge in [-0.1, -0.05) is 18.3 Å². The Morgan fingerprint density at radius 2 is 2.42 bits per heavy atom. The summed E-state index contributed by atoms with van der Waals surface area (Å²) in [5.41, 5.74) is 1.05. The van der Waals surface area contributed by atoms with Gasteiger partial charge < -0.3 is 5.32 Å². The van der Waals surface area contributed by atoms with Crippen molar-refractivity contribution in [2.24, 2.45) is 5.92 Å². The van der Waals surface area contributed by atoms with Gasteiger partial charge in [0.2, 0.25) is 0 Å². The van der Waals surface area contributed by atoms with Gasteiger partial charge in [0.15, 0.2) is 0 Å². The highest BCUT2D eigenvalue weighted by Crippen LogP contribution is 1.98. The van der Waals surface area contributed by atoms with Gasteiger partial charge >= 0.3 is 0 Å². The highest BCUT2D eigenvalue weighted by molar-refractivity contribution is 7.03.